The summed E-state index contributed by atoms with van der Waals surface area (Å²) in [6, 6.07) is 7.79. The number of para-hydroxylation sites is 1. The third-order valence-electron chi connectivity index (χ3n) is 4.10. The Balaban J connectivity index is 1.66. The van der Waals surface area contributed by atoms with Crippen LogP contribution >= 0.6 is 11.3 Å². The number of benzene rings is 1. The Morgan fingerprint density at radius 2 is 2.29 bits per heavy atom. The molecule has 0 radical (unpaired) electrons. The van der Waals surface area contributed by atoms with Crippen LogP contribution in [0.15, 0.2) is 24.3 Å². The number of nitrogens with one attached hydrogen (secondary N) is 1. The van der Waals surface area contributed by atoms with E-state index in [1.807, 2.05) is 31.2 Å². The summed E-state index contributed by atoms with van der Waals surface area (Å²) in [6.45, 7) is 3.34. The Morgan fingerprint density at radius 1 is 1.46 bits per heavy atom. The van der Waals surface area contributed by atoms with Gasteiger partial charge in [-0.3, -0.25) is 4.79 Å². The third-order valence-corrected chi connectivity index (χ3v) is 5.29. The largest absolute Gasteiger partial charge is 0.496 e. The van der Waals surface area contributed by atoms with Crippen molar-refractivity contribution < 1.29 is 14.3 Å². The number of rotatable bonds is 6. The van der Waals surface area contributed by atoms with E-state index in [0.29, 0.717) is 13.0 Å². The Labute approximate surface area is 146 Å². The van der Waals surface area contributed by atoms with Crippen LogP contribution in [0.1, 0.15) is 23.4 Å². The van der Waals surface area contributed by atoms with E-state index in [1.165, 1.54) is 0 Å². The zero-order chi connectivity index (χ0) is 16.9. The first-order valence-corrected chi connectivity index (χ1v) is 8.97. The Kier molecular flexibility index (Phi) is 5.48. The Morgan fingerprint density at radius 3 is 3.04 bits per heavy atom. The van der Waals surface area contributed by atoms with Crippen molar-refractivity contribution in [2.75, 3.05) is 20.3 Å². The molecule has 1 aliphatic heterocycles. The summed E-state index contributed by atoms with van der Waals surface area (Å²) in [5.74, 6) is 0.810. The number of ether oxygens (including phenoxy) is 2. The fourth-order valence-corrected chi connectivity index (χ4v) is 3.86. The molecule has 0 aliphatic carbocycles. The van der Waals surface area contributed by atoms with Gasteiger partial charge in [0.2, 0.25) is 5.91 Å². The zero-order valence-electron chi connectivity index (χ0n) is 14.0. The average molecular weight is 346 g/mol. The van der Waals surface area contributed by atoms with Crippen LogP contribution < -0.4 is 10.1 Å². The number of methoxy groups -OCH3 is 1. The predicted molar refractivity (Wildman–Crippen MR) is 94.5 cm³/mol. The summed E-state index contributed by atoms with van der Waals surface area (Å²) >= 11 is 1.55. The van der Waals surface area contributed by atoms with Gasteiger partial charge in [0.15, 0.2) is 0 Å². The van der Waals surface area contributed by atoms with Crippen LogP contribution in [-0.4, -0.2) is 37.3 Å². The van der Waals surface area contributed by atoms with Gasteiger partial charge in [0.05, 0.1) is 30.9 Å². The third kappa shape index (κ3) is 3.94. The highest BCUT2D eigenvalue weighted by molar-refractivity contribution is 7.15. The van der Waals surface area contributed by atoms with Crippen LogP contribution in [0, 0.1) is 6.92 Å². The van der Waals surface area contributed by atoms with Crippen molar-refractivity contribution in [1.29, 1.82) is 0 Å². The molecular weight excluding hydrogens is 324 g/mol. The number of hydrogen-bond acceptors (Lipinski definition) is 5. The summed E-state index contributed by atoms with van der Waals surface area (Å²) in [5.41, 5.74) is 1.85. The molecule has 1 saturated heterocycles. The highest BCUT2D eigenvalue weighted by Gasteiger charge is 2.18. The Bertz CT molecular complexity index is 708. The molecule has 1 aromatic heterocycles. The van der Waals surface area contributed by atoms with Gasteiger partial charge in [-0.1, -0.05) is 12.1 Å². The standard InChI is InChI=1S/C18H22N2O3S/c1-12-16(10-17(21)19-11-13-6-5-9-23-13)24-18(20-12)14-7-3-4-8-15(14)22-2/h3-4,7-8,13H,5-6,9-11H2,1-2H3,(H,19,21). The molecule has 24 heavy (non-hydrogen) atoms. The monoisotopic (exact) mass is 346 g/mol. The van der Waals surface area contributed by atoms with E-state index in [-0.39, 0.29) is 12.0 Å². The molecule has 0 spiro atoms. The van der Waals surface area contributed by atoms with E-state index in [4.69, 9.17) is 9.47 Å². The molecule has 5 nitrogen and oxygen atoms in total. The molecule has 2 heterocycles. The molecule has 128 valence electrons. The lowest BCUT2D eigenvalue weighted by Crippen LogP contribution is -2.32. The van der Waals surface area contributed by atoms with E-state index >= 15 is 0 Å². The molecule has 1 aromatic carbocycles. The van der Waals surface area contributed by atoms with E-state index < -0.39 is 0 Å². The summed E-state index contributed by atoms with van der Waals surface area (Å²) in [7, 11) is 1.65. The molecule has 1 amide bonds. The summed E-state index contributed by atoms with van der Waals surface area (Å²) in [4.78, 5) is 17.8. The SMILES string of the molecule is COc1ccccc1-c1nc(C)c(CC(=O)NCC2CCCO2)s1. The van der Waals surface area contributed by atoms with Crippen molar-refractivity contribution in [2.24, 2.45) is 0 Å². The van der Waals surface area contributed by atoms with Gasteiger partial charge in [0, 0.05) is 18.0 Å². The van der Waals surface area contributed by atoms with Crippen LogP contribution in [0.5, 0.6) is 5.75 Å². The average Bonchev–Trinajstić information content (AvgIpc) is 3.23. The minimum atomic E-state index is 0.0174. The number of nitrogens with zero attached hydrogens (tertiary/aromatic N) is 1. The predicted octanol–water partition coefficient (Wildman–Crippen LogP) is 2.96. The first kappa shape index (κ1) is 16.9. The molecule has 3 rings (SSSR count). The molecule has 6 heteroatoms. The van der Waals surface area contributed by atoms with Gasteiger partial charge in [-0.2, -0.15) is 0 Å². The van der Waals surface area contributed by atoms with E-state index in [0.717, 1.165) is 46.3 Å². The van der Waals surface area contributed by atoms with Gasteiger partial charge in [-0.05, 0) is 31.9 Å². The molecular formula is C18H22N2O3S. The lowest BCUT2D eigenvalue weighted by molar-refractivity contribution is -0.120. The van der Waals surface area contributed by atoms with Gasteiger partial charge in [0.1, 0.15) is 10.8 Å². The second kappa shape index (κ2) is 7.77. The van der Waals surface area contributed by atoms with Crippen LogP contribution in [0.25, 0.3) is 10.6 Å². The minimum Gasteiger partial charge on any atom is -0.496 e. The number of carbonyl (C=O) groups excluding carboxylic acids is 1. The lowest BCUT2D eigenvalue weighted by atomic mass is 10.2. The fourth-order valence-electron chi connectivity index (χ4n) is 2.77. The van der Waals surface area contributed by atoms with E-state index in [9.17, 15) is 4.79 Å². The van der Waals surface area contributed by atoms with Crippen LogP contribution in [-0.2, 0) is 16.0 Å². The van der Waals surface area contributed by atoms with Gasteiger partial charge >= 0.3 is 0 Å². The number of amides is 1. The molecule has 1 unspecified atom stereocenters. The number of carbonyl (C=O) groups is 1. The highest BCUT2D eigenvalue weighted by atomic mass is 32.1. The van der Waals surface area contributed by atoms with Crippen LogP contribution in [0.3, 0.4) is 0 Å². The molecule has 1 atom stereocenters. The first-order chi connectivity index (χ1) is 11.7. The van der Waals surface area contributed by atoms with Gasteiger partial charge < -0.3 is 14.8 Å². The van der Waals surface area contributed by atoms with Gasteiger partial charge in [0.25, 0.3) is 0 Å². The smallest absolute Gasteiger partial charge is 0.225 e. The maximum absolute atomic E-state index is 12.2. The van der Waals surface area contributed by atoms with Crippen molar-refractivity contribution in [3.05, 3.63) is 34.8 Å². The second-order valence-electron chi connectivity index (χ2n) is 5.84. The van der Waals surface area contributed by atoms with Crippen molar-refractivity contribution >= 4 is 17.2 Å². The normalized spacial score (nSPS) is 17.0. The minimum absolute atomic E-state index is 0.0174. The number of thiazole rings is 1. The summed E-state index contributed by atoms with van der Waals surface area (Å²) < 4.78 is 10.9. The van der Waals surface area contributed by atoms with Crippen LogP contribution in [0.2, 0.25) is 0 Å². The number of aromatic nitrogens is 1. The Hall–Kier alpha value is -1.92. The quantitative estimate of drug-likeness (QED) is 0.873. The molecule has 0 saturated carbocycles. The molecule has 1 N–H and O–H groups in total. The van der Waals surface area contributed by atoms with Crippen molar-refractivity contribution in [3.8, 4) is 16.3 Å². The maximum Gasteiger partial charge on any atom is 0.225 e. The highest BCUT2D eigenvalue weighted by Crippen LogP contribution is 2.34. The summed E-state index contributed by atoms with van der Waals surface area (Å²) in [5, 5.41) is 3.84. The molecule has 0 bridgehead atoms. The molecule has 1 fully saturated rings. The maximum atomic E-state index is 12.2. The van der Waals surface area contributed by atoms with Gasteiger partial charge in [-0.15, -0.1) is 11.3 Å². The second-order valence-corrected chi connectivity index (χ2v) is 6.93. The lowest BCUT2D eigenvalue weighted by Gasteiger charge is -2.10. The molecule has 1 aliphatic rings. The van der Waals surface area contributed by atoms with Crippen molar-refractivity contribution in [3.63, 3.8) is 0 Å². The first-order valence-electron chi connectivity index (χ1n) is 8.15. The fraction of sp³-hybridized carbons (Fsp3) is 0.444. The van der Waals surface area contributed by atoms with Crippen molar-refractivity contribution in [2.45, 2.75) is 32.3 Å². The topological polar surface area (TPSA) is 60.5 Å². The van der Waals surface area contributed by atoms with E-state index in [1.54, 1.807) is 18.4 Å². The number of hydrogen-bond donors (Lipinski definition) is 1. The van der Waals surface area contributed by atoms with Gasteiger partial charge in [-0.25, -0.2) is 4.98 Å². The molecule has 2 aromatic rings. The number of aryl methyl sites for hydroxylation is 1. The summed E-state index contributed by atoms with van der Waals surface area (Å²) in [6.07, 6.45) is 2.63. The van der Waals surface area contributed by atoms with E-state index in [2.05, 4.69) is 10.3 Å². The van der Waals surface area contributed by atoms with Crippen LogP contribution in [0.4, 0.5) is 0 Å². The van der Waals surface area contributed by atoms with Crippen molar-refractivity contribution in [1.82, 2.24) is 10.3 Å². The zero-order valence-corrected chi connectivity index (χ0v) is 14.8.